The molecule has 1 rings (SSSR count). The Labute approximate surface area is 134 Å². The van der Waals surface area contributed by atoms with Crippen molar-refractivity contribution in [1.82, 2.24) is 0 Å². The summed E-state index contributed by atoms with van der Waals surface area (Å²) in [6.45, 7) is 2.17. The topological polar surface area (TPSA) is 111 Å². The van der Waals surface area contributed by atoms with E-state index in [0.717, 1.165) is 19.3 Å². The van der Waals surface area contributed by atoms with Crippen LogP contribution in [0.25, 0.3) is 0 Å². The van der Waals surface area contributed by atoms with Gasteiger partial charge in [-0.25, -0.2) is 0 Å². The number of anilines is 1. The van der Waals surface area contributed by atoms with Crippen molar-refractivity contribution in [2.45, 2.75) is 51.9 Å². The molecule has 0 atom stereocenters. The van der Waals surface area contributed by atoms with Crippen LogP contribution in [0.15, 0.2) is 23.3 Å². The predicted molar refractivity (Wildman–Crippen MR) is 89.9 cm³/mol. The maximum atomic E-state index is 10.9. The van der Waals surface area contributed by atoms with Gasteiger partial charge in [-0.2, -0.15) is 5.10 Å². The van der Waals surface area contributed by atoms with Crippen LogP contribution in [0.3, 0.4) is 0 Å². The third-order valence-corrected chi connectivity index (χ3v) is 3.37. The Morgan fingerprint density at radius 1 is 1.04 bits per heavy atom. The molecular formula is C15H22N4O4. The molecule has 0 heterocycles. The van der Waals surface area contributed by atoms with Crippen molar-refractivity contribution in [3.05, 3.63) is 38.4 Å². The van der Waals surface area contributed by atoms with E-state index < -0.39 is 9.85 Å². The van der Waals surface area contributed by atoms with Gasteiger partial charge in [-0.1, -0.05) is 39.0 Å². The molecule has 0 aliphatic rings. The molecule has 8 heteroatoms. The van der Waals surface area contributed by atoms with Gasteiger partial charge in [0.15, 0.2) is 0 Å². The summed E-state index contributed by atoms with van der Waals surface area (Å²) >= 11 is 0. The Morgan fingerprint density at radius 3 is 2.17 bits per heavy atom. The molecule has 1 aromatic rings. The number of hydrogen-bond acceptors (Lipinski definition) is 6. The number of nitro benzene ring substituents is 2. The zero-order valence-electron chi connectivity index (χ0n) is 13.2. The predicted octanol–water partition coefficient (Wildman–Crippen LogP) is 4.65. The smallest absolute Gasteiger partial charge is 0.266 e. The number of nitrogens with zero attached hydrogens (tertiary/aromatic N) is 3. The lowest BCUT2D eigenvalue weighted by atomic mass is 10.1. The van der Waals surface area contributed by atoms with Gasteiger partial charge in [-0.3, -0.25) is 25.7 Å². The largest absolute Gasteiger partial charge is 0.301 e. The Bertz CT molecular complexity index is 528. The highest BCUT2D eigenvalue weighted by atomic mass is 16.6. The van der Waals surface area contributed by atoms with Crippen LogP contribution in [-0.2, 0) is 0 Å². The van der Waals surface area contributed by atoms with E-state index >= 15 is 0 Å². The SMILES string of the molecule is CCCCCCCC/C=N\Nc1c([N+](=O)[O-])cccc1[N+](=O)[O-]. The second kappa shape index (κ2) is 10.3. The first-order chi connectivity index (χ1) is 11.1. The fraction of sp³-hybridized carbons (Fsp3) is 0.533. The summed E-state index contributed by atoms with van der Waals surface area (Å²) in [5, 5.41) is 25.8. The van der Waals surface area contributed by atoms with E-state index in [-0.39, 0.29) is 17.1 Å². The van der Waals surface area contributed by atoms with Crippen LogP contribution in [0.4, 0.5) is 17.1 Å². The molecule has 0 aliphatic carbocycles. The fourth-order valence-corrected chi connectivity index (χ4v) is 2.14. The van der Waals surface area contributed by atoms with Crippen molar-refractivity contribution in [1.29, 1.82) is 0 Å². The Kier molecular flexibility index (Phi) is 8.27. The molecule has 0 aliphatic heterocycles. The summed E-state index contributed by atoms with van der Waals surface area (Å²) in [5.74, 6) is 0. The summed E-state index contributed by atoms with van der Waals surface area (Å²) < 4.78 is 0. The minimum atomic E-state index is -0.668. The van der Waals surface area contributed by atoms with Gasteiger partial charge in [0.25, 0.3) is 0 Å². The summed E-state index contributed by atoms with van der Waals surface area (Å²) in [5.41, 5.74) is 1.52. The Morgan fingerprint density at radius 2 is 1.61 bits per heavy atom. The molecule has 0 unspecified atom stereocenters. The van der Waals surface area contributed by atoms with Crippen molar-refractivity contribution in [3.8, 4) is 0 Å². The third-order valence-electron chi connectivity index (χ3n) is 3.37. The highest BCUT2D eigenvalue weighted by Gasteiger charge is 2.24. The average Bonchev–Trinajstić information content (AvgIpc) is 2.52. The second-order valence-electron chi connectivity index (χ2n) is 5.17. The van der Waals surface area contributed by atoms with E-state index in [9.17, 15) is 20.2 Å². The van der Waals surface area contributed by atoms with E-state index in [2.05, 4.69) is 17.5 Å². The summed E-state index contributed by atoms with van der Waals surface area (Å²) in [6.07, 6.45) is 9.29. The molecule has 1 aromatic carbocycles. The number of hydrazone groups is 1. The van der Waals surface area contributed by atoms with E-state index in [1.54, 1.807) is 6.21 Å². The molecule has 1 N–H and O–H groups in total. The molecule has 0 saturated heterocycles. The van der Waals surface area contributed by atoms with E-state index in [1.165, 1.54) is 43.9 Å². The Hall–Kier alpha value is -2.51. The van der Waals surface area contributed by atoms with Gasteiger partial charge >= 0.3 is 11.4 Å². The number of hydrogen-bond donors (Lipinski definition) is 1. The molecule has 0 radical (unpaired) electrons. The lowest BCUT2D eigenvalue weighted by Crippen LogP contribution is -2.01. The zero-order valence-corrected chi connectivity index (χ0v) is 13.2. The standard InChI is InChI=1S/C15H22N4O4/c1-2-3-4-5-6-7-8-12-16-17-15-13(18(20)21)10-9-11-14(15)19(22)23/h9-12,17H,2-8H2,1H3/b16-12-. The lowest BCUT2D eigenvalue weighted by molar-refractivity contribution is -0.392. The molecular weight excluding hydrogens is 300 g/mol. The normalized spacial score (nSPS) is 10.8. The molecule has 0 saturated carbocycles. The molecule has 0 bridgehead atoms. The number of nitro groups is 2. The van der Waals surface area contributed by atoms with Crippen molar-refractivity contribution in [2.24, 2.45) is 5.10 Å². The molecule has 0 fully saturated rings. The van der Waals surface area contributed by atoms with Gasteiger partial charge < -0.3 is 0 Å². The van der Waals surface area contributed by atoms with Gasteiger partial charge in [-0.15, -0.1) is 0 Å². The Balaban J connectivity index is 2.54. The average molecular weight is 322 g/mol. The molecule has 8 nitrogen and oxygen atoms in total. The number of benzene rings is 1. The number of rotatable bonds is 11. The number of nitrogens with one attached hydrogen (secondary N) is 1. The van der Waals surface area contributed by atoms with Crippen LogP contribution in [0.1, 0.15) is 51.9 Å². The first-order valence-corrected chi connectivity index (χ1v) is 7.77. The fourth-order valence-electron chi connectivity index (χ4n) is 2.14. The van der Waals surface area contributed by atoms with Crippen molar-refractivity contribution in [3.63, 3.8) is 0 Å². The van der Waals surface area contributed by atoms with Gasteiger partial charge in [0.1, 0.15) is 0 Å². The van der Waals surface area contributed by atoms with E-state index in [1.807, 2.05) is 0 Å². The highest BCUT2D eigenvalue weighted by molar-refractivity contribution is 5.74. The minimum absolute atomic E-state index is 0.193. The monoisotopic (exact) mass is 322 g/mol. The van der Waals surface area contributed by atoms with Gasteiger partial charge in [-0.05, 0) is 18.9 Å². The lowest BCUT2D eigenvalue weighted by Gasteiger charge is -2.03. The quantitative estimate of drug-likeness (QED) is 0.276. The molecule has 0 amide bonds. The summed E-state index contributed by atoms with van der Waals surface area (Å²) in [4.78, 5) is 20.6. The molecule has 0 spiro atoms. The summed E-state index contributed by atoms with van der Waals surface area (Å²) in [7, 11) is 0. The maximum Gasteiger partial charge on any atom is 0.301 e. The second-order valence-corrected chi connectivity index (χ2v) is 5.17. The third kappa shape index (κ3) is 6.41. The van der Waals surface area contributed by atoms with Crippen LogP contribution in [-0.4, -0.2) is 16.1 Å². The van der Waals surface area contributed by atoms with Crippen LogP contribution in [0.2, 0.25) is 0 Å². The number of unbranched alkanes of at least 4 members (excludes halogenated alkanes) is 6. The van der Waals surface area contributed by atoms with E-state index in [4.69, 9.17) is 0 Å². The van der Waals surface area contributed by atoms with Gasteiger partial charge in [0.2, 0.25) is 5.69 Å². The van der Waals surface area contributed by atoms with Crippen molar-refractivity contribution < 1.29 is 9.85 Å². The first-order valence-electron chi connectivity index (χ1n) is 7.77. The number of para-hydroxylation sites is 1. The summed E-state index contributed by atoms with van der Waals surface area (Å²) in [6, 6.07) is 3.69. The maximum absolute atomic E-state index is 10.9. The van der Waals surface area contributed by atoms with Crippen LogP contribution in [0, 0.1) is 20.2 Å². The van der Waals surface area contributed by atoms with Gasteiger partial charge in [0, 0.05) is 18.3 Å². The van der Waals surface area contributed by atoms with Crippen LogP contribution in [0.5, 0.6) is 0 Å². The zero-order chi connectivity index (χ0) is 17.1. The molecule has 126 valence electrons. The van der Waals surface area contributed by atoms with Crippen LogP contribution < -0.4 is 5.43 Å². The highest BCUT2D eigenvalue weighted by Crippen LogP contribution is 2.33. The molecule has 0 aromatic heterocycles. The molecule has 23 heavy (non-hydrogen) atoms. The minimum Gasteiger partial charge on any atom is -0.266 e. The van der Waals surface area contributed by atoms with Crippen LogP contribution >= 0.6 is 0 Å². The first kappa shape index (κ1) is 18.5. The van der Waals surface area contributed by atoms with Gasteiger partial charge in [0.05, 0.1) is 9.85 Å². The van der Waals surface area contributed by atoms with Crippen molar-refractivity contribution >= 4 is 23.3 Å². The van der Waals surface area contributed by atoms with E-state index in [0.29, 0.717) is 0 Å². The van der Waals surface area contributed by atoms with Crippen molar-refractivity contribution in [2.75, 3.05) is 5.43 Å².